The van der Waals surface area contributed by atoms with Gasteiger partial charge in [-0.15, -0.1) is 0 Å². The molecule has 0 aromatic carbocycles. The van der Waals surface area contributed by atoms with Gasteiger partial charge in [-0.3, -0.25) is 5.10 Å². The molecule has 4 heteroatoms. The lowest BCUT2D eigenvalue weighted by Crippen LogP contribution is -1.86. The predicted molar refractivity (Wildman–Crippen MR) is 66.1 cm³/mol. The molecule has 0 fully saturated rings. The van der Waals surface area contributed by atoms with Crippen molar-refractivity contribution >= 4 is 21.1 Å². The average molecular weight is 219 g/mol. The number of nitrogens with one attached hydrogen (secondary N) is 1. The van der Waals surface area contributed by atoms with Crippen molar-refractivity contribution < 1.29 is 0 Å². The lowest BCUT2D eigenvalue weighted by molar-refractivity contribution is 1.10. The first-order valence-electron chi connectivity index (χ1n) is 4.55. The maximum absolute atomic E-state index is 4.23. The fourth-order valence-corrected chi connectivity index (χ4v) is 1.54. The van der Waals surface area contributed by atoms with Gasteiger partial charge in [0, 0.05) is 17.1 Å². The van der Waals surface area contributed by atoms with Gasteiger partial charge in [0.2, 0.25) is 0 Å². The van der Waals surface area contributed by atoms with Gasteiger partial charge < -0.3 is 0 Å². The van der Waals surface area contributed by atoms with Gasteiger partial charge in [0.05, 0.1) is 6.20 Å². The molecule has 0 bridgehead atoms. The maximum Gasteiger partial charge on any atom is 0.155 e. The fourth-order valence-electron chi connectivity index (χ4n) is 1.12. The van der Waals surface area contributed by atoms with Gasteiger partial charge in [-0.2, -0.15) is 15.1 Å². The highest BCUT2D eigenvalue weighted by molar-refractivity contribution is 8.35. The quantitative estimate of drug-likeness (QED) is 0.688. The minimum atomic E-state index is -0.775. The Balaban J connectivity index is 2.39. The Morgan fingerprint density at radius 3 is 2.80 bits per heavy atom. The number of nitrogens with zero attached hydrogens (tertiary/aromatic N) is 2. The Morgan fingerprint density at radius 1 is 1.27 bits per heavy atom. The highest BCUT2D eigenvalue weighted by Crippen LogP contribution is 2.32. The summed E-state index contributed by atoms with van der Waals surface area (Å²) in [7, 11) is -0.775. The molecular weight excluding hydrogens is 206 g/mol. The summed E-state index contributed by atoms with van der Waals surface area (Å²) in [6.07, 6.45) is 10.0. The van der Waals surface area contributed by atoms with Crippen LogP contribution in [0.15, 0.2) is 18.5 Å². The van der Waals surface area contributed by atoms with Crippen molar-refractivity contribution in [2.75, 3.05) is 18.8 Å². The standard InChI is InChI=1S/C11H13N3S/c1-15(2,3)5-4-9-6-10-8-13-14-11(10)12-7-9/h6-8H,1-3H3,(H,12,13,14). The number of H-pyrrole nitrogens is 1. The third kappa shape index (κ3) is 2.51. The van der Waals surface area contributed by atoms with Crippen molar-refractivity contribution in [2.24, 2.45) is 0 Å². The number of pyridine rings is 1. The van der Waals surface area contributed by atoms with Crippen LogP contribution in [0.1, 0.15) is 5.56 Å². The molecule has 0 aliphatic carbocycles. The van der Waals surface area contributed by atoms with Gasteiger partial charge in [0.15, 0.2) is 5.65 Å². The largest absolute Gasteiger partial charge is 0.261 e. The van der Waals surface area contributed by atoms with E-state index in [1.54, 1.807) is 12.4 Å². The van der Waals surface area contributed by atoms with Crippen LogP contribution < -0.4 is 0 Å². The molecule has 78 valence electrons. The van der Waals surface area contributed by atoms with Gasteiger partial charge in [-0.25, -0.2) is 4.98 Å². The van der Waals surface area contributed by atoms with E-state index in [0.717, 1.165) is 16.6 Å². The van der Waals surface area contributed by atoms with Crippen molar-refractivity contribution in [3.63, 3.8) is 0 Å². The molecule has 15 heavy (non-hydrogen) atoms. The first kappa shape index (κ1) is 10.1. The molecule has 2 aromatic rings. The number of hydrogen-bond acceptors (Lipinski definition) is 2. The van der Waals surface area contributed by atoms with Crippen molar-refractivity contribution in [2.45, 2.75) is 0 Å². The summed E-state index contributed by atoms with van der Waals surface area (Å²) >= 11 is 0. The zero-order valence-corrected chi connectivity index (χ0v) is 9.85. The van der Waals surface area contributed by atoms with Crippen molar-refractivity contribution in [3.05, 3.63) is 24.0 Å². The summed E-state index contributed by atoms with van der Waals surface area (Å²) in [6.45, 7) is 0. The molecule has 0 amide bonds. The molecule has 2 rings (SSSR count). The van der Waals surface area contributed by atoms with Crippen LogP contribution in [-0.4, -0.2) is 33.9 Å². The second-order valence-corrected chi connectivity index (χ2v) is 7.97. The summed E-state index contributed by atoms with van der Waals surface area (Å²) < 4.78 is 0. The molecule has 3 nitrogen and oxygen atoms in total. The van der Waals surface area contributed by atoms with Crippen molar-refractivity contribution in [1.29, 1.82) is 0 Å². The van der Waals surface area contributed by atoms with E-state index in [1.807, 2.05) is 6.07 Å². The Bertz CT molecular complexity index is 540. The highest BCUT2D eigenvalue weighted by atomic mass is 32.3. The monoisotopic (exact) mass is 219 g/mol. The molecule has 0 saturated heterocycles. The third-order valence-corrected chi connectivity index (χ3v) is 2.51. The van der Waals surface area contributed by atoms with Gasteiger partial charge in [0.1, 0.15) is 0 Å². The fraction of sp³-hybridized carbons (Fsp3) is 0.273. The summed E-state index contributed by atoms with van der Waals surface area (Å²) in [6, 6.07) is 2.00. The van der Waals surface area contributed by atoms with E-state index < -0.39 is 10.0 Å². The normalized spacial score (nSPS) is 12.2. The second-order valence-electron chi connectivity index (χ2n) is 4.10. The molecule has 0 atom stereocenters. The number of fused-ring (bicyclic) bond motifs is 1. The van der Waals surface area contributed by atoms with E-state index in [9.17, 15) is 0 Å². The van der Waals surface area contributed by atoms with Crippen LogP contribution in [0.5, 0.6) is 0 Å². The molecule has 0 saturated carbocycles. The van der Waals surface area contributed by atoms with E-state index in [2.05, 4.69) is 45.1 Å². The van der Waals surface area contributed by atoms with Crippen molar-refractivity contribution in [1.82, 2.24) is 15.2 Å². The van der Waals surface area contributed by atoms with Crippen LogP contribution in [-0.2, 0) is 0 Å². The average Bonchev–Trinajstić information content (AvgIpc) is 2.60. The Hall–Kier alpha value is -1.47. The first-order chi connectivity index (χ1) is 7.04. The topological polar surface area (TPSA) is 41.6 Å². The van der Waals surface area contributed by atoms with Gasteiger partial charge in [-0.1, -0.05) is 5.92 Å². The predicted octanol–water partition coefficient (Wildman–Crippen LogP) is 1.96. The van der Waals surface area contributed by atoms with Crippen molar-refractivity contribution in [3.8, 4) is 11.2 Å². The van der Waals surface area contributed by atoms with E-state index in [1.165, 1.54) is 0 Å². The molecule has 2 heterocycles. The number of rotatable bonds is 0. The smallest absolute Gasteiger partial charge is 0.155 e. The zero-order valence-electron chi connectivity index (χ0n) is 9.03. The molecule has 0 spiro atoms. The van der Waals surface area contributed by atoms with E-state index >= 15 is 0 Å². The Labute approximate surface area is 90.6 Å². The third-order valence-electron chi connectivity index (χ3n) is 1.79. The summed E-state index contributed by atoms with van der Waals surface area (Å²) in [5.74, 6) is 3.15. The number of aromatic amines is 1. The molecule has 2 aromatic heterocycles. The van der Waals surface area contributed by atoms with Crippen LogP contribution in [0.3, 0.4) is 0 Å². The van der Waals surface area contributed by atoms with Crippen LogP contribution in [0.4, 0.5) is 0 Å². The number of aromatic nitrogens is 3. The maximum atomic E-state index is 4.23. The minimum absolute atomic E-state index is 0.775. The first-order valence-corrected chi connectivity index (χ1v) is 7.40. The van der Waals surface area contributed by atoms with Crippen LogP contribution in [0.2, 0.25) is 0 Å². The molecule has 1 N–H and O–H groups in total. The van der Waals surface area contributed by atoms with Gasteiger partial charge in [-0.05, 0) is 30.1 Å². The summed E-state index contributed by atoms with van der Waals surface area (Å²) in [4.78, 5) is 4.23. The van der Waals surface area contributed by atoms with Crippen LogP contribution in [0.25, 0.3) is 11.0 Å². The van der Waals surface area contributed by atoms with Crippen LogP contribution in [0, 0.1) is 11.2 Å². The Morgan fingerprint density at radius 2 is 2.07 bits per heavy atom. The van der Waals surface area contributed by atoms with E-state index in [4.69, 9.17) is 0 Å². The summed E-state index contributed by atoms with van der Waals surface area (Å²) in [5.41, 5.74) is 1.76. The highest BCUT2D eigenvalue weighted by Gasteiger charge is 1.99. The molecule has 0 aliphatic heterocycles. The zero-order chi connectivity index (χ0) is 10.9. The Kier molecular flexibility index (Phi) is 2.41. The van der Waals surface area contributed by atoms with E-state index in [-0.39, 0.29) is 0 Å². The lowest BCUT2D eigenvalue weighted by atomic mass is 10.2. The number of hydrogen-bond donors (Lipinski definition) is 1. The van der Waals surface area contributed by atoms with Gasteiger partial charge in [0.25, 0.3) is 0 Å². The lowest BCUT2D eigenvalue weighted by Gasteiger charge is -2.14. The van der Waals surface area contributed by atoms with Crippen LogP contribution >= 0.6 is 10.0 Å². The molecular formula is C11H13N3S. The van der Waals surface area contributed by atoms with Gasteiger partial charge >= 0.3 is 0 Å². The van der Waals surface area contributed by atoms with E-state index in [0.29, 0.717) is 0 Å². The molecule has 0 radical (unpaired) electrons. The summed E-state index contributed by atoms with van der Waals surface area (Å²) in [5, 5.41) is 11.0. The second kappa shape index (κ2) is 3.59. The molecule has 0 unspecified atom stereocenters. The SMILES string of the molecule is CS(C)(C)C#Cc1cnc2[nH]ncc2c1. The molecule has 0 aliphatic rings. The minimum Gasteiger partial charge on any atom is -0.261 e.